The summed E-state index contributed by atoms with van der Waals surface area (Å²) in [4.78, 5) is 26.7. The Kier molecular flexibility index (Phi) is 6.09. The van der Waals surface area contributed by atoms with E-state index in [2.05, 4.69) is 0 Å². The average molecular weight is 358 g/mol. The maximum atomic E-state index is 12.5. The van der Waals surface area contributed by atoms with Crippen molar-refractivity contribution in [3.05, 3.63) is 21.3 Å². The summed E-state index contributed by atoms with van der Waals surface area (Å²) < 4.78 is 6.12. The highest BCUT2D eigenvalue weighted by Gasteiger charge is 2.31. The van der Waals surface area contributed by atoms with Gasteiger partial charge >= 0.3 is 6.09 Å². The van der Waals surface area contributed by atoms with E-state index in [-0.39, 0.29) is 17.9 Å². The molecule has 4 nitrogen and oxygen atoms in total. The van der Waals surface area contributed by atoms with Gasteiger partial charge in [-0.05, 0) is 39.7 Å². The summed E-state index contributed by atoms with van der Waals surface area (Å²) >= 11 is 7.26. The lowest BCUT2D eigenvalue weighted by Gasteiger charge is -2.32. The summed E-state index contributed by atoms with van der Waals surface area (Å²) in [5.41, 5.74) is 0.104. The van der Waals surface area contributed by atoms with Gasteiger partial charge in [-0.2, -0.15) is 0 Å². The largest absolute Gasteiger partial charge is 0.444 e. The number of Topliss-reactive ketones (excluding diaryl/α,β-unsaturated/α-hetero) is 1. The fourth-order valence-electron chi connectivity index (χ4n) is 2.74. The quantitative estimate of drug-likeness (QED) is 0.702. The molecule has 2 heterocycles. The van der Waals surface area contributed by atoms with Gasteiger partial charge in [-0.3, -0.25) is 4.79 Å². The first kappa shape index (κ1) is 18.3. The Labute approximate surface area is 146 Å². The smallest absolute Gasteiger partial charge is 0.410 e. The predicted octanol–water partition coefficient (Wildman–Crippen LogP) is 5.15. The third kappa shape index (κ3) is 5.50. The third-order valence-corrected chi connectivity index (χ3v) is 4.91. The van der Waals surface area contributed by atoms with E-state index >= 15 is 0 Å². The molecule has 6 heteroatoms. The second-order valence-corrected chi connectivity index (χ2v) is 8.49. The molecule has 1 aliphatic heterocycles. The van der Waals surface area contributed by atoms with E-state index in [1.165, 1.54) is 11.3 Å². The van der Waals surface area contributed by atoms with E-state index in [4.69, 9.17) is 16.3 Å². The Hall–Kier alpha value is -1.07. The molecule has 23 heavy (non-hydrogen) atoms. The number of amides is 1. The van der Waals surface area contributed by atoms with Crippen LogP contribution in [0.3, 0.4) is 0 Å². The maximum Gasteiger partial charge on any atom is 0.410 e. The Morgan fingerprint density at radius 1 is 1.35 bits per heavy atom. The lowest BCUT2D eigenvalue weighted by Crippen LogP contribution is -2.44. The number of carbonyl (C=O) groups excluding carboxylic acids is 2. The summed E-state index contributed by atoms with van der Waals surface area (Å²) in [5, 5.41) is 1.78. The summed E-state index contributed by atoms with van der Waals surface area (Å²) in [6, 6.07) is 1.60. The number of hydrogen-bond donors (Lipinski definition) is 0. The van der Waals surface area contributed by atoms with E-state index in [9.17, 15) is 9.59 Å². The molecule has 1 saturated heterocycles. The molecular weight excluding hydrogens is 334 g/mol. The van der Waals surface area contributed by atoms with Gasteiger partial charge in [0.25, 0.3) is 0 Å². The predicted molar refractivity (Wildman–Crippen MR) is 93.5 cm³/mol. The van der Waals surface area contributed by atoms with Crippen LogP contribution in [0.1, 0.15) is 63.2 Å². The van der Waals surface area contributed by atoms with Gasteiger partial charge < -0.3 is 9.64 Å². The molecule has 1 aromatic heterocycles. The molecule has 0 N–H and O–H groups in total. The first-order valence-corrected chi connectivity index (χ1v) is 9.29. The Bertz CT molecular complexity index is 564. The lowest BCUT2D eigenvalue weighted by atomic mass is 10.0. The molecule has 128 valence electrons. The van der Waals surface area contributed by atoms with Gasteiger partial charge in [-0.25, -0.2) is 4.79 Å². The van der Waals surface area contributed by atoms with E-state index in [1.807, 2.05) is 20.8 Å². The lowest BCUT2D eigenvalue weighted by molar-refractivity contribution is 0.0162. The molecule has 1 unspecified atom stereocenters. The minimum atomic E-state index is -0.529. The summed E-state index contributed by atoms with van der Waals surface area (Å²) in [6.45, 7) is 6.22. The molecule has 2 rings (SSSR count). The van der Waals surface area contributed by atoms with Gasteiger partial charge in [0.05, 0.1) is 4.34 Å². The van der Waals surface area contributed by atoms with E-state index in [1.54, 1.807) is 16.3 Å². The van der Waals surface area contributed by atoms with E-state index in [0.29, 0.717) is 22.9 Å². The van der Waals surface area contributed by atoms with Crippen LogP contribution in [-0.4, -0.2) is 35.0 Å². The highest BCUT2D eigenvalue weighted by Crippen LogP contribution is 2.26. The average Bonchev–Trinajstić information content (AvgIpc) is 2.73. The Balaban J connectivity index is 2.08. The number of nitrogens with zero attached hydrogens (tertiary/aromatic N) is 1. The second kappa shape index (κ2) is 7.67. The fourth-order valence-corrected chi connectivity index (χ4v) is 3.62. The molecular formula is C17H24ClNO3S. The summed E-state index contributed by atoms with van der Waals surface area (Å²) in [5.74, 6) is 0.0357. The molecule has 0 saturated carbocycles. The standard InChI is InChI=1S/C17H24ClNO3S/c1-17(2,3)22-16(21)19-8-6-4-5-7-13(19)10-14(20)12-9-15(18)23-11-12/h9,11,13H,4-8,10H2,1-3H3. The summed E-state index contributed by atoms with van der Waals surface area (Å²) in [7, 11) is 0. The Morgan fingerprint density at radius 3 is 2.70 bits per heavy atom. The number of hydrogen-bond acceptors (Lipinski definition) is 4. The maximum absolute atomic E-state index is 12.5. The summed E-state index contributed by atoms with van der Waals surface area (Å²) in [6.07, 6.45) is 3.90. The number of rotatable bonds is 3. The van der Waals surface area contributed by atoms with Crippen molar-refractivity contribution < 1.29 is 14.3 Å². The van der Waals surface area contributed by atoms with Crippen LogP contribution in [0.15, 0.2) is 11.4 Å². The monoisotopic (exact) mass is 357 g/mol. The topological polar surface area (TPSA) is 46.6 Å². The van der Waals surface area contributed by atoms with Gasteiger partial charge in [0.2, 0.25) is 0 Å². The van der Waals surface area contributed by atoms with Crippen molar-refractivity contribution in [2.75, 3.05) is 6.54 Å². The van der Waals surface area contributed by atoms with Crippen molar-refractivity contribution in [3.63, 3.8) is 0 Å². The van der Waals surface area contributed by atoms with Crippen molar-refractivity contribution in [1.29, 1.82) is 0 Å². The van der Waals surface area contributed by atoms with Crippen LogP contribution in [0, 0.1) is 0 Å². The highest BCUT2D eigenvalue weighted by molar-refractivity contribution is 7.14. The van der Waals surface area contributed by atoms with Crippen LogP contribution < -0.4 is 0 Å². The first-order chi connectivity index (χ1) is 10.8. The molecule has 1 aromatic rings. The molecule has 0 spiro atoms. The van der Waals surface area contributed by atoms with E-state index < -0.39 is 5.60 Å². The first-order valence-electron chi connectivity index (χ1n) is 8.03. The van der Waals surface area contributed by atoms with Crippen molar-refractivity contribution in [3.8, 4) is 0 Å². The number of carbonyl (C=O) groups is 2. The van der Waals surface area contributed by atoms with Crippen molar-refractivity contribution >= 4 is 34.8 Å². The molecule has 0 radical (unpaired) electrons. The number of halogens is 1. The molecule has 1 fully saturated rings. The zero-order valence-electron chi connectivity index (χ0n) is 13.9. The van der Waals surface area contributed by atoms with Crippen LogP contribution in [0.25, 0.3) is 0 Å². The van der Waals surface area contributed by atoms with Gasteiger partial charge in [0, 0.05) is 30.0 Å². The van der Waals surface area contributed by atoms with E-state index in [0.717, 1.165) is 25.7 Å². The molecule has 1 aliphatic rings. The third-order valence-electron chi connectivity index (χ3n) is 3.82. The molecule has 0 aliphatic carbocycles. The SMILES string of the molecule is CC(C)(C)OC(=O)N1CCCCCC1CC(=O)c1csc(Cl)c1. The zero-order chi connectivity index (χ0) is 17.0. The Morgan fingerprint density at radius 2 is 2.09 bits per heavy atom. The van der Waals surface area contributed by atoms with Gasteiger partial charge in [-0.15, -0.1) is 11.3 Å². The highest BCUT2D eigenvalue weighted by atomic mass is 35.5. The minimum absolute atomic E-state index is 0.0357. The number of thiophene rings is 1. The molecule has 0 bridgehead atoms. The van der Waals surface area contributed by atoms with Crippen LogP contribution >= 0.6 is 22.9 Å². The number of ketones is 1. The molecule has 0 aromatic carbocycles. The van der Waals surface area contributed by atoms with Gasteiger partial charge in [0.1, 0.15) is 5.60 Å². The van der Waals surface area contributed by atoms with Crippen LogP contribution in [-0.2, 0) is 4.74 Å². The second-order valence-electron chi connectivity index (χ2n) is 6.94. The van der Waals surface area contributed by atoms with Crippen LogP contribution in [0.4, 0.5) is 4.79 Å². The van der Waals surface area contributed by atoms with Crippen molar-refractivity contribution in [2.24, 2.45) is 0 Å². The van der Waals surface area contributed by atoms with Gasteiger partial charge in [0.15, 0.2) is 5.78 Å². The van der Waals surface area contributed by atoms with Gasteiger partial charge in [-0.1, -0.05) is 24.4 Å². The zero-order valence-corrected chi connectivity index (χ0v) is 15.5. The number of likely N-dealkylation sites (tertiary alicyclic amines) is 1. The van der Waals surface area contributed by atoms with Crippen LogP contribution in [0.5, 0.6) is 0 Å². The molecule has 1 atom stereocenters. The normalized spacial score (nSPS) is 19.3. The van der Waals surface area contributed by atoms with Crippen molar-refractivity contribution in [2.45, 2.75) is 64.5 Å². The van der Waals surface area contributed by atoms with Crippen LogP contribution in [0.2, 0.25) is 4.34 Å². The number of ether oxygens (including phenoxy) is 1. The van der Waals surface area contributed by atoms with Crippen molar-refractivity contribution in [1.82, 2.24) is 4.90 Å². The molecule has 1 amide bonds. The fraction of sp³-hybridized carbons (Fsp3) is 0.647. The minimum Gasteiger partial charge on any atom is -0.444 e.